The summed E-state index contributed by atoms with van der Waals surface area (Å²) >= 11 is 6.01. The van der Waals surface area contributed by atoms with Crippen LogP contribution >= 0.6 is 11.6 Å². The largest absolute Gasteiger partial charge is 0.298 e. The molecule has 2 fully saturated rings. The fourth-order valence-electron chi connectivity index (χ4n) is 5.37. The SMILES string of the molecule is Cc1ccc(-c2ccc(Cl)cc2)cc1C1C(=O)C2C3C=CC(CC3)C2C1=O. The molecule has 0 spiro atoms. The molecule has 2 saturated carbocycles. The topological polar surface area (TPSA) is 34.1 Å². The van der Waals surface area contributed by atoms with Gasteiger partial charge in [-0.25, -0.2) is 0 Å². The Bertz CT molecular complexity index is 940. The van der Waals surface area contributed by atoms with Crippen LogP contribution in [0.2, 0.25) is 5.02 Å². The summed E-state index contributed by atoms with van der Waals surface area (Å²) in [6.45, 7) is 2.00. The van der Waals surface area contributed by atoms with Gasteiger partial charge in [-0.1, -0.05) is 48.0 Å². The van der Waals surface area contributed by atoms with Gasteiger partial charge in [0, 0.05) is 16.9 Å². The number of rotatable bonds is 2. The molecule has 0 amide bonds. The van der Waals surface area contributed by atoms with Crippen molar-refractivity contribution in [1.82, 2.24) is 0 Å². The maximum absolute atomic E-state index is 13.3. The molecule has 2 aromatic carbocycles. The zero-order valence-corrected chi connectivity index (χ0v) is 15.9. The van der Waals surface area contributed by atoms with E-state index in [0.717, 1.165) is 35.1 Å². The van der Waals surface area contributed by atoms with Crippen molar-refractivity contribution in [3.8, 4) is 11.1 Å². The van der Waals surface area contributed by atoms with Crippen LogP contribution in [0.4, 0.5) is 0 Å². The second-order valence-electron chi connectivity index (χ2n) is 8.16. The van der Waals surface area contributed by atoms with E-state index in [1.165, 1.54) is 0 Å². The Morgan fingerprint density at radius 2 is 1.37 bits per heavy atom. The molecule has 27 heavy (non-hydrogen) atoms. The van der Waals surface area contributed by atoms with Crippen LogP contribution in [0.5, 0.6) is 0 Å². The normalized spacial score (nSPS) is 31.4. The Balaban J connectivity index is 1.57. The third-order valence-corrected chi connectivity index (χ3v) is 6.99. The first-order valence-corrected chi connectivity index (χ1v) is 10.0. The summed E-state index contributed by atoms with van der Waals surface area (Å²) in [7, 11) is 0. The molecule has 0 N–H and O–H groups in total. The van der Waals surface area contributed by atoms with Gasteiger partial charge in [0.1, 0.15) is 5.92 Å². The van der Waals surface area contributed by atoms with Crippen molar-refractivity contribution < 1.29 is 9.59 Å². The summed E-state index contributed by atoms with van der Waals surface area (Å²) in [4.78, 5) is 26.6. The van der Waals surface area contributed by atoms with Crippen molar-refractivity contribution in [3.05, 3.63) is 70.8 Å². The summed E-state index contributed by atoms with van der Waals surface area (Å²) in [6, 6.07) is 13.8. The second kappa shape index (κ2) is 6.17. The van der Waals surface area contributed by atoms with Crippen molar-refractivity contribution in [2.24, 2.45) is 23.7 Å². The number of benzene rings is 2. The zero-order valence-electron chi connectivity index (χ0n) is 15.2. The summed E-state index contributed by atoms with van der Waals surface area (Å²) in [5, 5.41) is 0.694. The predicted molar refractivity (Wildman–Crippen MR) is 107 cm³/mol. The van der Waals surface area contributed by atoms with Gasteiger partial charge in [-0.05, 0) is 72.1 Å². The van der Waals surface area contributed by atoms with Gasteiger partial charge in [-0.3, -0.25) is 9.59 Å². The van der Waals surface area contributed by atoms with E-state index in [1.54, 1.807) is 0 Å². The van der Waals surface area contributed by atoms with Crippen molar-refractivity contribution in [2.75, 3.05) is 0 Å². The molecular weight excluding hydrogens is 356 g/mol. The Labute approximate surface area is 164 Å². The standard InChI is InChI=1S/C24H21ClO2/c1-13-2-3-17(14-8-10-18(25)11-9-14)12-19(13)22-23(26)20-15-4-5-16(7-6-15)21(20)24(22)27/h2-5,8-12,15-16,20-22H,6-7H2,1H3. The number of fused-ring (bicyclic) bond motifs is 1. The molecule has 0 aromatic heterocycles. The highest BCUT2D eigenvalue weighted by atomic mass is 35.5. The number of Topliss-reactive ketones (excluding diaryl/α,β-unsaturated/α-hetero) is 2. The summed E-state index contributed by atoms with van der Waals surface area (Å²) in [5.41, 5.74) is 3.95. The second-order valence-corrected chi connectivity index (χ2v) is 8.59. The molecule has 3 heteroatoms. The van der Waals surface area contributed by atoms with Crippen LogP contribution in [0.3, 0.4) is 0 Å². The van der Waals surface area contributed by atoms with Gasteiger partial charge in [0.2, 0.25) is 0 Å². The van der Waals surface area contributed by atoms with E-state index >= 15 is 0 Å². The Morgan fingerprint density at radius 1 is 0.815 bits per heavy atom. The fraction of sp³-hybridized carbons (Fsp3) is 0.333. The van der Waals surface area contributed by atoms with Crippen molar-refractivity contribution >= 4 is 23.2 Å². The number of ketones is 2. The van der Waals surface area contributed by atoms with Crippen LogP contribution in [0.15, 0.2) is 54.6 Å². The van der Waals surface area contributed by atoms with E-state index in [9.17, 15) is 9.59 Å². The number of carbonyl (C=O) groups excluding carboxylic acids is 2. The highest BCUT2D eigenvalue weighted by Crippen LogP contribution is 2.53. The lowest BCUT2D eigenvalue weighted by molar-refractivity contribution is -0.125. The molecule has 6 rings (SSSR count). The van der Waals surface area contributed by atoms with Crippen LogP contribution in [0.25, 0.3) is 11.1 Å². The molecular formula is C24H21ClO2. The lowest BCUT2D eigenvalue weighted by Gasteiger charge is -2.39. The van der Waals surface area contributed by atoms with Gasteiger partial charge in [0.05, 0.1) is 0 Å². The predicted octanol–water partition coefficient (Wildman–Crippen LogP) is 5.38. The van der Waals surface area contributed by atoms with E-state index < -0.39 is 5.92 Å². The molecule has 2 bridgehead atoms. The third kappa shape index (κ3) is 2.54. The average molecular weight is 377 g/mol. The third-order valence-electron chi connectivity index (χ3n) is 6.74. The molecule has 4 unspecified atom stereocenters. The molecule has 0 heterocycles. The first kappa shape index (κ1) is 16.9. The van der Waals surface area contributed by atoms with E-state index in [0.29, 0.717) is 5.02 Å². The van der Waals surface area contributed by atoms with Gasteiger partial charge in [0.15, 0.2) is 11.6 Å². The van der Waals surface area contributed by atoms with Crippen molar-refractivity contribution in [1.29, 1.82) is 0 Å². The number of halogens is 1. The van der Waals surface area contributed by atoms with Crippen molar-refractivity contribution in [2.45, 2.75) is 25.7 Å². The maximum atomic E-state index is 13.3. The minimum Gasteiger partial charge on any atom is -0.298 e. The van der Waals surface area contributed by atoms with Gasteiger partial charge in [0.25, 0.3) is 0 Å². The highest BCUT2D eigenvalue weighted by molar-refractivity contribution is 6.30. The van der Waals surface area contributed by atoms with Gasteiger partial charge in [-0.2, -0.15) is 0 Å². The lowest BCUT2D eigenvalue weighted by atomic mass is 9.63. The number of aryl methyl sites for hydroxylation is 1. The number of allylic oxidation sites excluding steroid dienone is 2. The van der Waals surface area contributed by atoms with Crippen LogP contribution < -0.4 is 0 Å². The van der Waals surface area contributed by atoms with E-state index in [1.807, 2.05) is 49.4 Å². The smallest absolute Gasteiger partial charge is 0.152 e. The quantitative estimate of drug-likeness (QED) is 0.521. The number of hydrogen-bond donors (Lipinski definition) is 0. The average Bonchev–Trinajstić information content (AvgIpc) is 2.97. The molecule has 0 radical (unpaired) electrons. The Morgan fingerprint density at radius 3 is 1.93 bits per heavy atom. The minimum atomic E-state index is -0.602. The molecule has 4 aliphatic rings. The van der Waals surface area contributed by atoms with Crippen LogP contribution in [0, 0.1) is 30.6 Å². The molecule has 0 aliphatic heterocycles. The molecule has 136 valence electrons. The van der Waals surface area contributed by atoms with Crippen LogP contribution in [-0.2, 0) is 9.59 Å². The Hall–Kier alpha value is -2.19. The maximum Gasteiger partial charge on any atom is 0.152 e. The monoisotopic (exact) mass is 376 g/mol. The molecule has 4 aliphatic carbocycles. The number of hydrogen-bond acceptors (Lipinski definition) is 2. The zero-order chi connectivity index (χ0) is 18.7. The Kier molecular flexibility index (Phi) is 3.87. The minimum absolute atomic E-state index is 0.107. The lowest BCUT2D eigenvalue weighted by Crippen LogP contribution is -2.38. The summed E-state index contributed by atoms with van der Waals surface area (Å²) in [6.07, 6.45) is 6.44. The highest BCUT2D eigenvalue weighted by Gasteiger charge is 2.57. The fourth-order valence-corrected chi connectivity index (χ4v) is 5.50. The molecule has 2 aromatic rings. The summed E-state index contributed by atoms with van der Waals surface area (Å²) < 4.78 is 0. The van der Waals surface area contributed by atoms with E-state index in [-0.39, 0.29) is 35.2 Å². The van der Waals surface area contributed by atoms with Gasteiger partial charge in [-0.15, -0.1) is 0 Å². The van der Waals surface area contributed by atoms with Crippen molar-refractivity contribution in [3.63, 3.8) is 0 Å². The van der Waals surface area contributed by atoms with E-state index in [4.69, 9.17) is 11.6 Å². The first-order chi connectivity index (χ1) is 13.0. The van der Waals surface area contributed by atoms with Gasteiger partial charge < -0.3 is 0 Å². The van der Waals surface area contributed by atoms with E-state index in [2.05, 4.69) is 12.2 Å². The first-order valence-electron chi connectivity index (χ1n) is 9.67. The molecule has 2 nitrogen and oxygen atoms in total. The van der Waals surface area contributed by atoms with Gasteiger partial charge >= 0.3 is 0 Å². The number of carbonyl (C=O) groups is 2. The van der Waals surface area contributed by atoms with Crippen LogP contribution in [0.1, 0.15) is 29.9 Å². The molecule has 4 atom stereocenters. The molecule has 0 saturated heterocycles. The summed E-state index contributed by atoms with van der Waals surface area (Å²) in [5.74, 6) is -0.0341. The van der Waals surface area contributed by atoms with Crippen LogP contribution in [-0.4, -0.2) is 11.6 Å².